The molecule has 2 aromatic carbocycles. The van der Waals surface area contributed by atoms with Crippen molar-refractivity contribution < 1.29 is 0 Å². The number of aromatic nitrogens is 1. The number of pyridine rings is 1. The SMILES string of the molecule is Cc1cc(-c2ccc(Cl)cc2)c2ncccc2c1. The number of halogens is 1. The molecular formula is C16H12ClN. The van der Waals surface area contributed by atoms with Gasteiger partial charge in [-0.3, -0.25) is 4.98 Å². The van der Waals surface area contributed by atoms with Crippen LogP contribution in [-0.2, 0) is 0 Å². The molecule has 0 saturated heterocycles. The molecule has 0 N–H and O–H groups in total. The van der Waals surface area contributed by atoms with Crippen LogP contribution in [0, 0.1) is 6.92 Å². The van der Waals surface area contributed by atoms with Crippen LogP contribution in [-0.4, -0.2) is 4.98 Å². The van der Waals surface area contributed by atoms with Gasteiger partial charge in [-0.15, -0.1) is 0 Å². The topological polar surface area (TPSA) is 12.9 Å². The summed E-state index contributed by atoms with van der Waals surface area (Å²) in [7, 11) is 0. The van der Waals surface area contributed by atoms with Crippen LogP contribution in [0.5, 0.6) is 0 Å². The van der Waals surface area contributed by atoms with Crippen molar-refractivity contribution in [2.45, 2.75) is 6.92 Å². The Morgan fingerprint density at radius 2 is 1.78 bits per heavy atom. The number of hydrogen-bond donors (Lipinski definition) is 0. The molecule has 2 heteroatoms. The summed E-state index contributed by atoms with van der Waals surface area (Å²) in [6.07, 6.45) is 1.83. The highest BCUT2D eigenvalue weighted by atomic mass is 35.5. The molecule has 1 aromatic heterocycles. The highest BCUT2D eigenvalue weighted by Gasteiger charge is 2.05. The van der Waals surface area contributed by atoms with E-state index in [4.69, 9.17) is 11.6 Å². The fraction of sp³-hybridized carbons (Fsp3) is 0.0625. The molecule has 88 valence electrons. The Morgan fingerprint density at radius 1 is 1.00 bits per heavy atom. The summed E-state index contributed by atoms with van der Waals surface area (Å²) in [5, 5.41) is 1.92. The molecule has 0 aliphatic rings. The summed E-state index contributed by atoms with van der Waals surface area (Å²) in [6.45, 7) is 2.10. The first kappa shape index (κ1) is 11.2. The van der Waals surface area contributed by atoms with E-state index in [-0.39, 0.29) is 0 Å². The van der Waals surface area contributed by atoms with E-state index >= 15 is 0 Å². The largest absolute Gasteiger partial charge is 0.256 e. The number of rotatable bonds is 1. The molecule has 0 bridgehead atoms. The minimum absolute atomic E-state index is 0.753. The maximum absolute atomic E-state index is 5.93. The van der Waals surface area contributed by atoms with Gasteiger partial charge in [-0.2, -0.15) is 0 Å². The van der Waals surface area contributed by atoms with E-state index in [0.29, 0.717) is 0 Å². The van der Waals surface area contributed by atoms with Gasteiger partial charge in [0, 0.05) is 22.2 Å². The van der Waals surface area contributed by atoms with Crippen molar-refractivity contribution in [1.82, 2.24) is 4.98 Å². The molecule has 0 spiro atoms. The second-order valence-electron chi connectivity index (χ2n) is 4.39. The number of benzene rings is 2. The van der Waals surface area contributed by atoms with E-state index in [1.54, 1.807) is 0 Å². The van der Waals surface area contributed by atoms with E-state index < -0.39 is 0 Å². The molecule has 0 unspecified atom stereocenters. The summed E-state index contributed by atoms with van der Waals surface area (Å²) in [5.74, 6) is 0. The monoisotopic (exact) mass is 253 g/mol. The van der Waals surface area contributed by atoms with Crippen LogP contribution < -0.4 is 0 Å². The zero-order valence-corrected chi connectivity index (χ0v) is 10.8. The van der Waals surface area contributed by atoms with Gasteiger partial charge in [-0.1, -0.05) is 29.8 Å². The van der Waals surface area contributed by atoms with Crippen LogP contribution in [0.15, 0.2) is 54.7 Å². The third kappa shape index (κ3) is 1.98. The lowest BCUT2D eigenvalue weighted by Gasteiger charge is -2.08. The molecule has 3 aromatic rings. The van der Waals surface area contributed by atoms with E-state index in [1.165, 1.54) is 10.9 Å². The quantitative estimate of drug-likeness (QED) is 0.603. The number of fused-ring (bicyclic) bond motifs is 1. The van der Waals surface area contributed by atoms with Gasteiger partial charge >= 0.3 is 0 Å². The molecule has 1 nitrogen and oxygen atoms in total. The molecule has 3 rings (SSSR count). The van der Waals surface area contributed by atoms with Gasteiger partial charge in [0.15, 0.2) is 0 Å². The number of nitrogens with zero attached hydrogens (tertiary/aromatic N) is 1. The molecule has 1 heterocycles. The van der Waals surface area contributed by atoms with Crippen molar-refractivity contribution in [1.29, 1.82) is 0 Å². The van der Waals surface area contributed by atoms with Crippen molar-refractivity contribution in [3.63, 3.8) is 0 Å². The smallest absolute Gasteiger partial charge is 0.0780 e. The fourth-order valence-electron chi connectivity index (χ4n) is 2.19. The van der Waals surface area contributed by atoms with Crippen LogP contribution in [0.2, 0.25) is 5.02 Å². The zero-order chi connectivity index (χ0) is 12.5. The third-order valence-corrected chi connectivity index (χ3v) is 3.26. The normalized spacial score (nSPS) is 10.8. The summed E-state index contributed by atoms with van der Waals surface area (Å²) < 4.78 is 0. The van der Waals surface area contributed by atoms with Crippen molar-refractivity contribution >= 4 is 22.5 Å². The van der Waals surface area contributed by atoms with Crippen molar-refractivity contribution in [3.05, 3.63) is 65.3 Å². The van der Waals surface area contributed by atoms with E-state index in [2.05, 4.69) is 30.1 Å². The Hall–Kier alpha value is -1.86. The Morgan fingerprint density at radius 3 is 2.56 bits per heavy atom. The first-order valence-electron chi connectivity index (χ1n) is 5.85. The molecule has 0 radical (unpaired) electrons. The van der Waals surface area contributed by atoms with Crippen LogP contribution in [0.25, 0.3) is 22.0 Å². The molecule has 0 aliphatic carbocycles. The highest BCUT2D eigenvalue weighted by molar-refractivity contribution is 6.30. The standard InChI is InChI=1S/C16H12ClN/c1-11-9-13-3-2-8-18-16(13)15(10-11)12-4-6-14(17)7-5-12/h2-10H,1H3. The fourth-order valence-corrected chi connectivity index (χ4v) is 2.32. The van der Waals surface area contributed by atoms with Crippen LogP contribution in [0.1, 0.15) is 5.56 Å². The predicted octanol–water partition coefficient (Wildman–Crippen LogP) is 4.86. The Kier molecular flexibility index (Phi) is 2.77. The lowest BCUT2D eigenvalue weighted by molar-refractivity contribution is 1.39. The van der Waals surface area contributed by atoms with Gasteiger partial charge in [0.2, 0.25) is 0 Å². The van der Waals surface area contributed by atoms with Gasteiger partial charge in [-0.05, 0) is 48.4 Å². The molecule has 0 fully saturated rings. The zero-order valence-electron chi connectivity index (χ0n) is 10.0. The van der Waals surface area contributed by atoms with Crippen molar-refractivity contribution in [2.24, 2.45) is 0 Å². The maximum atomic E-state index is 5.93. The van der Waals surface area contributed by atoms with Crippen LogP contribution >= 0.6 is 11.6 Å². The molecule has 0 amide bonds. The summed E-state index contributed by atoms with van der Waals surface area (Å²) in [5.41, 5.74) is 4.57. The van der Waals surface area contributed by atoms with Crippen molar-refractivity contribution in [2.75, 3.05) is 0 Å². The Bertz CT molecular complexity index is 702. The third-order valence-electron chi connectivity index (χ3n) is 3.00. The first-order valence-corrected chi connectivity index (χ1v) is 6.23. The van der Waals surface area contributed by atoms with Gasteiger partial charge in [0.1, 0.15) is 0 Å². The average Bonchev–Trinajstić information content (AvgIpc) is 2.38. The molecule has 18 heavy (non-hydrogen) atoms. The lowest BCUT2D eigenvalue weighted by atomic mass is 9.99. The average molecular weight is 254 g/mol. The number of aryl methyl sites for hydroxylation is 1. The minimum atomic E-state index is 0.753. The summed E-state index contributed by atoms with van der Waals surface area (Å²) in [4.78, 5) is 4.49. The maximum Gasteiger partial charge on any atom is 0.0780 e. The predicted molar refractivity (Wildman–Crippen MR) is 76.9 cm³/mol. The first-order chi connectivity index (χ1) is 8.74. The highest BCUT2D eigenvalue weighted by Crippen LogP contribution is 2.29. The van der Waals surface area contributed by atoms with Crippen LogP contribution in [0.3, 0.4) is 0 Å². The van der Waals surface area contributed by atoms with E-state index in [9.17, 15) is 0 Å². The molecule has 0 saturated carbocycles. The second kappa shape index (κ2) is 4.43. The number of hydrogen-bond acceptors (Lipinski definition) is 1. The van der Waals surface area contributed by atoms with Crippen LogP contribution in [0.4, 0.5) is 0 Å². The van der Waals surface area contributed by atoms with E-state index in [0.717, 1.165) is 21.7 Å². The molecule has 0 aliphatic heterocycles. The second-order valence-corrected chi connectivity index (χ2v) is 4.83. The summed E-state index contributed by atoms with van der Waals surface area (Å²) in [6, 6.07) is 16.3. The molecular weight excluding hydrogens is 242 g/mol. The minimum Gasteiger partial charge on any atom is -0.256 e. The Labute approximate surface area is 111 Å². The lowest BCUT2D eigenvalue weighted by Crippen LogP contribution is -1.86. The Balaban J connectivity index is 2.31. The summed E-state index contributed by atoms with van der Waals surface area (Å²) >= 11 is 5.93. The van der Waals surface area contributed by atoms with Gasteiger partial charge in [0.25, 0.3) is 0 Å². The van der Waals surface area contributed by atoms with Crippen molar-refractivity contribution in [3.8, 4) is 11.1 Å². The molecule has 0 atom stereocenters. The van der Waals surface area contributed by atoms with Gasteiger partial charge in [-0.25, -0.2) is 0 Å². The van der Waals surface area contributed by atoms with E-state index in [1.807, 2.05) is 36.5 Å². The van der Waals surface area contributed by atoms with Gasteiger partial charge in [0.05, 0.1) is 5.52 Å². The van der Waals surface area contributed by atoms with Gasteiger partial charge < -0.3 is 0 Å².